The molecule has 1 aliphatic heterocycles. The lowest BCUT2D eigenvalue weighted by Gasteiger charge is -2.35. The number of anilines is 1. The number of amides is 1. The number of carbonyl (C=O) groups excluding carboxylic acids is 1. The second-order valence-electron chi connectivity index (χ2n) is 6.30. The summed E-state index contributed by atoms with van der Waals surface area (Å²) in [5, 5.41) is 3.10. The van der Waals surface area contributed by atoms with E-state index in [1.54, 1.807) is 6.07 Å². The first-order valence-corrected chi connectivity index (χ1v) is 7.10. The van der Waals surface area contributed by atoms with Crippen LogP contribution in [0.4, 0.5) is 5.69 Å². The van der Waals surface area contributed by atoms with Gasteiger partial charge in [0.2, 0.25) is 0 Å². The van der Waals surface area contributed by atoms with Gasteiger partial charge in [0.15, 0.2) is 0 Å². The van der Waals surface area contributed by atoms with Gasteiger partial charge in [0, 0.05) is 23.9 Å². The number of aryl methyl sites for hydroxylation is 2. The van der Waals surface area contributed by atoms with E-state index < -0.39 is 0 Å². The molecule has 20 heavy (non-hydrogen) atoms. The van der Waals surface area contributed by atoms with Gasteiger partial charge in [-0.3, -0.25) is 4.79 Å². The number of carbonyl (C=O) groups is 1. The van der Waals surface area contributed by atoms with E-state index in [4.69, 9.17) is 10.5 Å². The minimum atomic E-state index is -0.169. The SMILES string of the molecule is Cc1cc(C)c(C(=O)NC2CCOC(C)(C)C2)cc1N. The standard InChI is InChI=1S/C16H24N2O2/c1-10-7-11(2)14(17)8-13(10)15(19)18-12-5-6-20-16(3,4)9-12/h7-8,12H,5-6,9,17H2,1-4H3,(H,18,19). The summed E-state index contributed by atoms with van der Waals surface area (Å²) >= 11 is 0. The summed E-state index contributed by atoms with van der Waals surface area (Å²) in [6, 6.07) is 3.89. The monoisotopic (exact) mass is 276 g/mol. The van der Waals surface area contributed by atoms with Crippen LogP contribution in [0.3, 0.4) is 0 Å². The van der Waals surface area contributed by atoms with Crippen molar-refractivity contribution in [1.82, 2.24) is 5.32 Å². The van der Waals surface area contributed by atoms with Gasteiger partial charge in [-0.05, 0) is 57.7 Å². The quantitative estimate of drug-likeness (QED) is 0.816. The van der Waals surface area contributed by atoms with Crippen molar-refractivity contribution < 1.29 is 9.53 Å². The molecule has 0 radical (unpaired) electrons. The molecule has 1 aliphatic rings. The van der Waals surface area contributed by atoms with Crippen LogP contribution in [0.25, 0.3) is 0 Å². The molecule has 1 aromatic carbocycles. The summed E-state index contributed by atoms with van der Waals surface area (Å²) in [7, 11) is 0. The number of hydrogen-bond acceptors (Lipinski definition) is 3. The van der Waals surface area contributed by atoms with Crippen LogP contribution >= 0.6 is 0 Å². The Morgan fingerprint density at radius 3 is 2.70 bits per heavy atom. The van der Waals surface area contributed by atoms with Crippen molar-refractivity contribution >= 4 is 11.6 Å². The molecule has 0 spiro atoms. The summed E-state index contributed by atoms with van der Waals surface area (Å²) in [6.07, 6.45) is 1.69. The Bertz CT molecular complexity index is 523. The van der Waals surface area contributed by atoms with Gasteiger partial charge in [0.05, 0.1) is 5.60 Å². The van der Waals surface area contributed by atoms with Crippen molar-refractivity contribution in [2.45, 2.75) is 52.2 Å². The fourth-order valence-corrected chi connectivity index (χ4v) is 2.73. The average molecular weight is 276 g/mol. The van der Waals surface area contributed by atoms with Gasteiger partial charge in [0.25, 0.3) is 5.91 Å². The fourth-order valence-electron chi connectivity index (χ4n) is 2.73. The Hall–Kier alpha value is -1.55. The second kappa shape index (κ2) is 5.44. The van der Waals surface area contributed by atoms with Gasteiger partial charge in [-0.15, -0.1) is 0 Å². The van der Waals surface area contributed by atoms with Gasteiger partial charge in [0.1, 0.15) is 0 Å². The first-order chi connectivity index (χ1) is 9.28. The zero-order valence-electron chi connectivity index (χ0n) is 12.7. The Balaban J connectivity index is 2.11. The van der Waals surface area contributed by atoms with E-state index in [1.165, 1.54) is 0 Å². The van der Waals surface area contributed by atoms with E-state index >= 15 is 0 Å². The third-order valence-electron chi connectivity index (χ3n) is 3.89. The number of nitrogens with two attached hydrogens (primary N) is 1. The van der Waals surface area contributed by atoms with Crippen molar-refractivity contribution in [3.63, 3.8) is 0 Å². The predicted molar refractivity (Wildman–Crippen MR) is 80.8 cm³/mol. The lowest BCUT2D eigenvalue weighted by atomic mass is 9.93. The molecule has 0 saturated carbocycles. The molecule has 3 N–H and O–H groups in total. The van der Waals surface area contributed by atoms with E-state index in [0.717, 1.165) is 24.0 Å². The largest absolute Gasteiger partial charge is 0.398 e. The summed E-state index contributed by atoms with van der Waals surface area (Å²) in [5.74, 6) is -0.0445. The molecule has 110 valence electrons. The zero-order valence-corrected chi connectivity index (χ0v) is 12.7. The Morgan fingerprint density at radius 2 is 2.05 bits per heavy atom. The van der Waals surface area contributed by atoms with Crippen molar-refractivity contribution in [3.05, 3.63) is 28.8 Å². The topological polar surface area (TPSA) is 64.3 Å². The lowest BCUT2D eigenvalue weighted by molar-refractivity contribution is -0.0615. The number of hydrogen-bond donors (Lipinski definition) is 2. The highest BCUT2D eigenvalue weighted by Crippen LogP contribution is 2.24. The van der Waals surface area contributed by atoms with Crippen LogP contribution in [0.1, 0.15) is 48.2 Å². The van der Waals surface area contributed by atoms with Crippen molar-refractivity contribution in [3.8, 4) is 0 Å². The molecule has 1 fully saturated rings. The van der Waals surface area contributed by atoms with Crippen LogP contribution in [0.15, 0.2) is 12.1 Å². The van der Waals surface area contributed by atoms with Crippen LogP contribution in [-0.2, 0) is 4.74 Å². The van der Waals surface area contributed by atoms with Crippen molar-refractivity contribution in [1.29, 1.82) is 0 Å². The molecule has 4 nitrogen and oxygen atoms in total. The highest BCUT2D eigenvalue weighted by Gasteiger charge is 2.30. The molecule has 0 aliphatic carbocycles. The summed E-state index contributed by atoms with van der Waals surface area (Å²) in [6.45, 7) is 8.69. The highest BCUT2D eigenvalue weighted by atomic mass is 16.5. The van der Waals surface area contributed by atoms with E-state index in [-0.39, 0.29) is 17.6 Å². The molecule has 1 amide bonds. The van der Waals surface area contributed by atoms with Crippen LogP contribution in [-0.4, -0.2) is 24.2 Å². The van der Waals surface area contributed by atoms with Gasteiger partial charge >= 0.3 is 0 Å². The number of nitrogen functional groups attached to an aromatic ring is 1. The maximum atomic E-state index is 12.4. The van der Waals surface area contributed by atoms with Crippen molar-refractivity contribution in [2.75, 3.05) is 12.3 Å². The molecular weight excluding hydrogens is 252 g/mol. The molecule has 2 rings (SSSR count). The number of ether oxygens (including phenoxy) is 1. The fraction of sp³-hybridized carbons (Fsp3) is 0.562. The van der Waals surface area contributed by atoms with Gasteiger partial charge in [-0.1, -0.05) is 6.07 Å². The summed E-state index contributed by atoms with van der Waals surface area (Å²) in [5.41, 5.74) is 9.02. The van der Waals surface area contributed by atoms with Crippen LogP contribution in [0, 0.1) is 13.8 Å². The van der Waals surface area contributed by atoms with E-state index in [0.29, 0.717) is 17.9 Å². The van der Waals surface area contributed by atoms with E-state index in [1.807, 2.05) is 19.9 Å². The molecule has 0 bridgehead atoms. The maximum Gasteiger partial charge on any atom is 0.251 e. The molecule has 4 heteroatoms. The zero-order chi connectivity index (χ0) is 14.9. The minimum absolute atomic E-state index is 0.0445. The molecular formula is C16H24N2O2. The first-order valence-electron chi connectivity index (χ1n) is 7.10. The molecule has 1 atom stereocenters. The number of nitrogens with one attached hydrogen (secondary N) is 1. The number of benzene rings is 1. The third kappa shape index (κ3) is 3.31. The first kappa shape index (κ1) is 14.9. The molecule has 1 unspecified atom stereocenters. The van der Waals surface area contributed by atoms with E-state index in [9.17, 15) is 4.79 Å². The average Bonchev–Trinajstić information content (AvgIpc) is 2.32. The van der Waals surface area contributed by atoms with Gasteiger partial charge in [-0.25, -0.2) is 0 Å². The van der Waals surface area contributed by atoms with Crippen LogP contribution < -0.4 is 11.1 Å². The molecule has 1 saturated heterocycles. The highest BCUT2D eigenvalue weighted by molar-refractivity contribution is 5.96. The minimum Gasteiger partial charge on any atom is -0.398 e. The summed E-state index contributed by atoms with van der Waals surface area (Å²) < 4.78 is 5.67. The molecule has 1 aromatic rings. The third-order valence-corrected chi connectivity index (χ3v) is 3.89. The normalized spacial score (nSPS) is 21.5. The molecule has 1 heterocycles. The Morgan fingerprint density at radius 1 is 1.35 bits per heavy atom. The van der Waals surface area contributed by atoms with Gasteiger partial charge in [-0.2, -0.15) is 0 Å². The lowest BCUT2D eigenvalue weighted by Crippen LogP contribution is -2.45. The van der Waals surface area contributed by atoms with Crippen LogP contribution in [0.2, 0.25) is 0 Å². The maximum absolute atomic E-state index is 12.4. The van der Waals surface area contributed by atoms with Gasteiger partial charge < -0.3 is 15.8 Å². The Labute approximate surface area is 120 Å². The van der Waals surface area contributed by atoms with Crippen LogP contribution in [0.5, 0.6) is 0 Å². The van der Waals surface area contributed by atoms with E-state index in [2.05, 4.69) is 19.2 Å². The molecule has 0 aromatic heterocycles. The summed E-state index contributed by atoms with van der Waals surface area (Å²) in [4.78, 5) is 12.4. The number of rotatable bonds is 2. The second-order valence-corrected chi connectivity index (χ2v) is 6.30. The predicted octanol–water partition coefficient (Wildman–Crippen LogP) is 2.57. The Kier molecular flexibility index (Phi) is 4.04. The van der Waals surface area contributed by atoms with Crippen molar-refractivity contribution in [2.24, 2.45) is 0 Å². The smallest absolute Gasteiger partial charge is 0.251 e.